The second kappa shape index (κ2) is 6.63. The summed E-state index contributed by atoms with van der Waals surface area (Å²) in [6, 6.07) is 0. The summed E-state index contributed by atoms with van der Waals surface area (Å²) in [5, 5.41) is 0. The predicted molar refractivity (Wildman–Crippen MR) is 74.8 cm³/mol. The molecule has 1 aliphatic heterocycles. The maximum Gasteiger partial charge on any atom is 0.177 e. The number of likely N-dealkylation sites (tertiary alicyclic amines) is 1. The van der Waals surface area contributed by atoms with E-state index in [-0.39, 0.29) is 0 Å². The SMILES string of the molecule is COCCc1nsc(SC(=S)N2CCCC2)n1. The molecule has 0 unspecified atom stereocenters. The van der Waals surface area contributed by atoms with Gasteiger partial charge in [-0.2, -0.15) is 4.37 Å². The Morgan fingerprint density at radius 1 is 1.53 bits per heavy atom. The molecular weight excluding hydrogens is 274 g/mol. The summed E-state index contributed by atoms with van der Waals surface area (Å²) in [5.41, 5.74) is 0. The van der Waals surface area contributed by atoms with Crippen molar-refractivity contribution < 1.29 is 4.74 Å². The monoisotopic (exact) mass is 289 g/mol. The van der Waals surface area contributed by atoms with Gasteiger partial charge in [0.25, 0.3) is 0 Å². The number of hydrogen-bond acceptors (Lipinski definition) is 6. The third-order valence-electron chi connectivity index (χ3n) is 2.52. The van der Waals surface area contributed by atoms with Crippen molar-refractivity contribution in [2.75, 3.05) is 26.8 Å². The third kappa shape index (κ3) is 3.87. The minimum atomic E-state index is 0.664. The molecule has 0 N–H and O–H groups in total. The van der Waals surface area contributed by atoms with Crippen LogP contribution in [-0.2, 0) is 11.2 Å². The van der Waals surface area contributed by atoms with Crippen LogP contribution < -0.4 is 0 Å². The zero-order valence-electron chi connectivity index (χ0n) is 9.72. The van der Waals surface area contributed by atoms with E-state index >= 15 is 0 Å². The van der Waals surface area contributed by atoms with Gasteiger partial charge in [0.05, 0.1) is 6.61 Å². The Morgan fingerprint density at radius 3 is 3.00 bits per heavy atom. The van der Waals surface area contributed by atoms with E-state index in [2.05, 4.69) is 14.3 Å². The van der Waals surface area contributed by atoms with Gasteiger partial charge in [-0.3, -0.25) is 0 Å². The lowest BCUT2D eigenvalue weighted by molar-refractivity contribution is 0.200. The second-order valence-electron chi connectivity index (χ2n) is 3.78. The Kier molecular flexibility index (Phi) is 5.15. The van der Waals surface area contributed by atoms with E-state index in [9.17, 15) is 0 Å². The molecule has 0 radical (unpaired) electrons. The van der Waals surface area contributed by atoms with Crippen LogP contribution in [0.4, 0.5) is 0 Å². The highest BCUT2D eigenvalue weighted by molar-refractivity contribution is 8.23. The van der Waals surface area contributed by atoms with Crippen LogP contribution in [0.15, 0.2) is 4.34 Å². The van der Waals surface area contributed by atoms with Gasteiger partial charge in [0.2, 0.25) is 0 Å². The van der Waals surface area contributed by atoms with Gasteiger partial charge in [-0.25, -0.2) is 4.98 Å². The van der Waals surface area contributed by atoms with Crippen molar-refractivity contribution in [2.45, 2.75) is 23.6 Å². The summed E-state index contributed by atoms with van der Waals surface area (Å²) >= 11 is 8.37. The molecule has 0 spiro atoms. The quantitative estimate of drug-likeness (QED) is 0.625. The lowest BCUT2D eigenvalue weighted by Crippen LogP contribution is -2.22. The molecule has 2 heterocycles. The van der Waals surface area contributed by atoms with Gasteiger partial charge < -0.3 is 9.64 Å². The molecule has 0 amide bonds. The van der Waals surface area contributed by atoms with E-state index < -0.39 is 0 Å². The van der Waals surface area contributed by atoms with Crippen molar-refractivity contribution in [2.24, 2.45) is 0 Å². The van der Waals surface area contributed by atoms with Crippen LogP contribution in [0.25, 0.3) is 0 Å². The van der Waals surface area contributed by atoms with Crippen LogP contribution in [0.5, 0.6) is 0 Å². The molecule has 0 aliphatic carbocycles. The second-order valence-corrected chi connectivity index (χ2v) is 6.41. The Balaban J connectivity index is 1.85. The molecule has 0 bridgehead atoms. The van der Waals surface area contributed by atoms with Crippen LogP contribution in [0, 0.1) is 0 Å². The first-order valence-corrected chi connectivity index (χ1v) is 7.57. The highest BCUT2D eigenvalue weighted by Gasteiger charge is 2.17. The minimum absolute atomic E-state index is 0.664. The summed E-state index contributed by atoms with van der Waals surface area (Å²) in [5.74, 6) is 0.851. The molecule has 1 aliphatic rings. The smallest absolute Gasteiger partial charge is 0.177 e. The van der Waals surface area contributed by atoms with Crippen LogP contribution >= 0.6 is 35.5 Å². The summed E-state index contributed by atoms with van der Waals surface area (Å²) in [4.78, 5) is 6.68. The number of nitrogens with zero attached hydrogens (tertiary/aromatic N) is 3. The van der Waals surface area contributed by atoms with Crippen molar-refractivity contribution >= 4 is 39.8 Å². The van der Waals surface area contributed by atoms with Gasteiger partial charge in [0, 0.05) is 26.6 Å². The topological polar surface area (TPSA) is 38.2 Å². The molecule has 0 saturated carbocycles. The highest BCUT2D eigenvalue weighted by Crippen LogP contribution is 2.25. The molecule has 4 nitrogen and oxygen atoms in total. The molecule has 1 aromatic heterocycles. The van der Waals surface area contributed by atoms with Crippen LogP contribution in [-0.4, -0.2) is 45.4 Å². The lowest BCUT2D eigenvalue weighted by Gasteiger charge is -2.15. The van der Waals surface area contributed by atoms with E-state index in [1.807, 2.05) is 0 Å². The number of ether oxygens (including phenoxy) is 1. The molecule has 17 heavy (non-hydrogen) atoms. The summed E-state index contributed by atoms with van der Waals surface area (Å²) < 4.78 is 11.2. The minimum Gasteiger partial charge on any atom is -0.384 e. The Labute approximate surface area is 115 Å². The zero-order chi connectivity index (χ0) is 12.1. The maximum absolute atomic E-state index is 5.40. The third-order valence-corrected chi connectivity index (χ3v) is 4.75. The van der Waals surface area contributed by atoms with Crippen molar-refractivity contribution in [1.29, 1.82) is 0 Å². The molecule has 94 valence electrons. The van der Waals surface area contributed by atoms with E-state index in [0.717, 1.165) is 34.0 Å². The molecular formula is C10H15N3OS3. The van der Waals surface area contributed by atoms with Crippen molar-refractivity contribution in [3.8, 4) is 0 Å². The van der Waals surface area contributed by atoms with Crippen LogP contribution in [0.3, 0.4) is 0 Å². The zero-order valence-corrected chi connectivity index (χ0v) is 12.2. The Bertz CT molecular complexity index is 377. The van der Waals surface area contributed by atoms with Gasteiger partial charge in [-0.1, -0.05) is 12.2 Å². The average molecular weight is 289 g/mol. The van der Waals surface area contributed by atoms with E-state index in [0.29, 0.717) is 6.61 Å². The summed E-state index contributed by atoms with van der Waals surface area (Å²) in [7, 11) is 1.69. The first kappa shape index (κ1) is 13.2. The molecule has 7 heteroatoms. The molecule has 1 fully saturated rings. The largest absolute Gasteiger partial charge is 0.384 e. The summed E-state index contributed by atoms with van der Waals surface area (Å²) in [6.07, 6.45) is 3.26. The van der Waals surface area contributed by atoms with Crippen LogP contribution in [0.1, 0.15) is 18.7 Å². The van der Waals surface area contributed by atoms with Gasteiger partial charge in [-0.15, -0.1) is 0 Å². The standard InChI is InChI=1S/C10H15N3OS3/c1-14-7-4-8-11-9(17-12-8)16-10(15)13-5-2-3-6-13/h2-7H2,1H3. The molecule has 0 atom stereocenters. The van der Waals surface area contributed by atoms with Gasteiger partial charge in [-0.05, 0) is 36.1 Å². The average Bonchev–Trinajstić information content (AvgIpc) is 2.97. The number of rotatable bonds is 4. The molecule has 0 aromatic carbocycles. The number of thiocarbonyl (C=S) groups is 1. The van der Waals surface area contributed by atoms with Crippen molar-refractivity contribution in [3.05, 3.63) is 5.82 Å². The van der Waals surface area contributed by atoms with Gasteiger partial charge in [0.1, 0.15) is 10.1 Å². The maximum atomic E-state index is 5.40. The Morgan fingerprint density at radius 2 is 2.29 bits per heavy atom. The van der Waals surface area contributed by atoms with E-state index in [1.165, 1.54) is 24.4 Å². The number of thioether (sulfide) groups is 1. The lowest BCUT2D eigenvalue weighted by atomic mass is 10.4. The predicted octanol–water partition coefficient (Wildman–Crippen LogP) is 2.20. The van der Waals surface area contributed by atoms with E-state index in [1.54, 1.807) is 18.9 Å². The van der Waals surface area contributed by atoms with Crippen molar-refractivity contribution in [3.63, 3.8) is 0 Å². The van der Waals surface area contributed by atoms with E-state index in [4.69, 9.17) is 17.0 Å². The number of methoxy groups -OCH3 is 1. The van der Waals surface area contributed by atoms with Crippen molar-refractivity contribution in [1.82, 2.24) is 14.3 Å². The fourth-order valence-corrected chi connectivity index (χ4v) is 3.76. The highest BCUT2D eigenvalue weighted by atomic mass is 32.2. The Hall–Kier alpha value is -0.240. The fourth-order valence-electron chi connectivity index (χ4n) is 1.61. The van der Waals surface area contributed by atoms with Crippen LogP contribution in [0.2, 0.25) is 0 Å². The normalized spacial score (nSPS) is 15.5. The van der Waals surface area contributed by atoms with Gasteiger partial charge >= 0.3 is 0 Å². The molecule has 1 aromatic rings. The molecule has 1 saturated heterocycles. The van der Waals surface area contributed by atoms with Gasteiger partial charge in [0.15, 0.2) is 4.34 Å². The molecule has 2 rings (SSSR count). The fraction of sp³-hybridized carbons (Fsp3) is 0.700. The first-order chi connectivity index (χ1) is 8.29. The first-order valence-electron chi connectivity index (χ1n) is 5.58. The summed E-state index contributed by atoms with van der Waals surface area (Å²) in [6.45, 7) is 2.83. The number of hydrogen-bond donors (Lipinski definition) is 0. The number of aromatic nitrogens is 2.